The van der Waals surface area contributed by atoms with E-state index in [0.717, 1.165) is 6.42 Å². The van der Waals surface area contributed by atoms with Crippen molar-refractivity contribution in [3.8, 4) is 0 Å². The minimum absolute atomic E-state index is 0.0750. The minimum Gasteiger partial charge on any atom is -0.372 e. The summed E-state index contributed by atoms with van der Waals surface area (Å²) < 4.78 is 5.22. The van der Waals surface area contributed by atoms with E-state index in [4.69, 9.17) is 10.5 Å². The standard InChI is InChI=1S/C11H24N2O2/c1-2-3-4-5-6-9-15-10-11(14)13-8-7-12/h2-10,12H2,1H3,(H,13,14). The first-order valence-electron chi connectivity index (χ1n) is 5.85. The van der Waals surface area contributed by atoms with Crippen LogP contribution in [0.4, 0.5) is 0 Å². The third kappa shape index (κ3) is 11.3. The number of carbonyl (C=O) groups excluding carboxylic acids is 1. The van der Waals surface area contributed by atoms with Gasteiger partial charge in [-0.25, -0.2) is 0 Å². The number of ether oxygens (including phenoxy) is 1. The van der Waals surface area contributed by atoms with Crippen molar-refractivity contribution >= 4 is 5.91 Å². The van der Waals surface area contributed by atoms with Gasteiger partial charge in [0.25, 0.3) is 0 Å². The lowest BCUT2D eigenvalue weighted by atomic mass is 10.2. The Bertz CT molecular complexity index is 152. The molecule has 0 unspecified atom stereocenters. The van der Waals surface area contributed by atoms with Crippen molar-refractivity contribution in [3.05, 3.63) is 0 Å². The zero-order chi connectivity index (χ0) is 11.4. The highest BCUT2D eigenvalue weighted by Crippen LogP contribution is 2.01. The van der Waals surface area contributed by atoms with Gasteiger partial charge in [0.15, 0.2) is 0 Å². The molecule has 0 bridgehead atoms. The van der Waals surface area contributed by atoms with Gasteiger partial charge in [0, 0.05) is 19.7 Å². The van der Waals surface area contributed by atoms with E-state index in [1.807, 2.05) is 0 Å². The van der Waals surface area contributed by atoms with Gasteiger partial charge in [-0.05, 0) is 6.42 Å². The summed E-state index contributed by atoms with van der Waals surface area (Å²) in [5.41, 5.74) is 5.24. The van der Waals surface area contributed by atoms with Crippen LogP contribution in [0.2, 0.25) is 0 Å². The van der Waals surface area contributed by atoms with Crippen molar-refractivity contribution in [2.24, 2.45) is 5.73 Å². The second-order valence-corrected chi connectivity index (χ2v) is 3.61. The van der Waals surface area contributed by atoms with Crippen LogP contribution in [-0.4, -0.2) is 32.2 Å². The number of nitrogens with one attached hydrogen (secondary N) is 1. The van der Waals surface area contributed by atoms with Gasteiger partial charge in [-0.15, -0.1) is 0 Å². The Morgan fingerprint density at radius 3 is 2.67 bits per heavy atom. The van der Waals surface area contributed by atoms with E-state index in [-0.39, 0.29) is 12.5 Å². The number of amides is 1. The molecule has 0 aromatic rings. The van der Waals surface area contributed by atoms with Gasteiger partial charge in [-0.3, -0.25) is 4.79 Å². The molecule has 0 spiro atoms. The van der Waals surface area contributed by atoms with E-state index in [1.165, 1.54) is 25.7 Å². The second-order valence-electron chi connectivity index (χ2n) is 3.61. The quantitative estimate of drug-likeness (QED) is 0.536. The Labute approximate surface area is 92.6 Å². The summed E-state index contributed by atoms with van der Waals surface area (Å²) in [6, 6.07) is 0. The molecule has 0 heterocycles. The summed E-state index contributed by atoms with van der Waals surface area (Å²) in [6.45, 7) is 4.03. The highest BCUT2D eigenvalue weighted by Gasteiger charge is 1.98. The molecule has 1 amide bonds. The molecule has 0 radical (unpaired) electrons. The van der Waals surface area contributed by atoms with Crippen molar-refractivity contribution in [1.82, 2.24) is 5.32 Å². The van der Waals surface area contributed by atoms with Gasteiger partial charge >= 0.3 is 0 Å². The van der Waals surface area contributed by atoms with E-state index >= 15 is 0 Å². The Balaban J connectivity index is 3.06. The minimum atomic E-state index is -0.0750. The van der Waals surface area contributed by atoms with E-state index in [1.54, 1.807) is 0 Å². The van der Waals surface area contributed by atoms with Crippen molar-refractivity contribution in [3.63, 3.8) is 0 Å². The molecule has 0 fully saturated rings. The lowest BCUT2D eigenvalue weighted by Crippen LogP contribution is -2.32. The van der Waals surface area contributed by atoms with Gasteiger partial charge in [-0.1, -0.05) is 32.6 Å². The van der Waals surface area contributed by atoms with Gasteiger partial charge < -0.3 is 15.8 Å². The number of unbranched alkanes of at least 4 members (excludes halogenated alkanes) is 4. The fourth-order valence-electron chi connectivity index (χ4n) is 1.24. The number of rotatable bonds is 10. The molecule has 0 aliphatic heterocycles. The lowest BCUT2D eigenvalue weighted by Gasteiger charge is -2.04. The number of carbonyl (C=O) groups is 1. The molecule has 4 nitrogen and oxygen atoms in total. The van der Waals surface area contributed by atoms with Gasteiger partial charge in [-0.2, -0.15) is 0 Å². The molecular weight excluding hydrogens is 192 g/mol. The Morgan fingerprint density at radius 2 is 2.00 bits per heavy atom. The summed E-state index contributed by atoms with van der Waals surface area (Å²) in [4.78, 5) is 11.0. The molecule has 4 heteroatoms. The third-order valence-electron chi connectivity index (χ3n) is 2.09. The van der Waals surface area contributed by atoms with Crippen molar-refractivity contribution < 1.29 is 9.53 Å². The maximum atomic E-state index is 11.0. The Morgan fingerprint density at radius 1 is 1.27 bits per heavy atom. The Kier molecular flexibility index (Phi) is 11.0. The van der Waals surface area contributed by atoms with Gasteiger partial charge in [0.2, 0.25) is 5.91 Å². The molecule has 0 aromatic heterocycles. The predicted molar refractivity (Wildman–Crippen MR) is 61.6 cm³/mol. The fraction of sp³-hybridized carbons (Fsp3) is 0.909. The number of nitrogens with two attached hydrogens (primary N) is 1. The van der Waals surface area contributed by atoms with Crippen LogP contribution in [0.5, 0.6) is 0 Å². The summed E-state index contributed by atoms with van der Waals surface area (Å²) in [5, 5.41) is 2.65. The molecule has 0 saturated heterocycles. The summed E-state index contributed by atoms with van der Waals surface area (Å²) in [5.74, 6) is -0.0750. The smallest absolute Gasteiger partial charge is 0.246 e. The molecule has 0 aromatic carbocycles. The monoisotopic (exact) mass is 216 g/mol. The highest BCUT2D eigenvalue weighted by atomic mass is 16.5. The SMILES string of the molecule is CCCCCCCOCC(=O)NCCN. The molecular formula is C11H24N2O2. The van der Waals surface area contributed by atoms with Gasteiger partial charge in [0.05, 0.1) is 0 Å². The van der Waals surface area contributed by atoms with Crippen LogP contribution >= 0.6 is 0 Å². The molecule has 0 aliphatic rings. The van der Waals surface area contributed by atoms with Crippen LogP contribution in [0.15, 0.2) is 0 Å². The molecule has 90 valence electrons. The van der Waals surface area contributed by atoms with E-state index in [9.17, 15) is 4.79 Å². The average molecular weight is 216 g/mol. The van der Waals surface area contributed by atoms with Crippen LogP contribution in [0, 0.1) is 0 Å². The van der Waals surface area contributed by atoms with Gasteiger partial charge in [0.1, 0.15) is 6.61 Å². The topological polar surface area (TPSA) is 64.3 Å². The largest absolute Gasteiger partial charge is 0.372 e. The highest BCUT2D eigenvalue weighted by molar-refractivity contribution is 5.77. The molecule has 0 aliphatic carbocycles. The number of hydrogen-bond donors (Lipinski definition) is 2. The summed E-state index contributed by atoms with van der Waals surface area (Å²) in [7, 11) is 0. The first kappa shape index (κ1) is 14.4. The van der Waals surface area contributed by atoms with Crippen LogP contribution in [0.25, 0.3) is 0 Å². The van der Waals surface area contributed by atoms with Crippen LogP contribution in [0.3, 0.4) is 0 Å². The third-order valence-corrected chi connectivity index (χ3v) is 2.09. The predicted octanol–water partition coefficient (Wildman–Crippen LogP) is 1.05. The van der Waals surface area contributed by atoms with Crippen molar-refractivity contribution in [2.45, 2.75) is 39.0 Å². The first-order chi connectivity index (χ1) is 7.31. The van der Waals surface area contributed by atoms with Crippen molar-refractivity contribution in [2.75, 3.05) is 26.3 Å². The fourth-order valence-corrected chi connectivity index (χ4v) is 1.24. The number of hydrogen-bond acceptors (Lipinski definition) is 3. The molecule has 0 atom stereocenters. The average Bonchev–Trinajstić information content (AvgIpc) is 2.25. The normalized spacial score (nSPS) is 10.3. The first-order valence-corrected chi connectivity index (χ1v) is 5.85. The Hall–Kier alpha value is -0.610. The lowest BCUT2D eigenvalue weighted by molar-refractivity contribution is -0.125. The van der Waals surface area contributed by atoms with E-state index in [0.29, 0.717) is 19.7 Å². The van der Waals surface area contributed by atoms with Crippen LogP contribution in [0.1, 0.15) is 39.0 Å². The molecule has 15 heavy (non-hydrogen) atoms. The second kappa shape index (κ2) is 11.5. The van der Waals surface area contributed by atoms with Crippen molar-refractivity contribution in [1.29, 1.82) is 0 Å². The van der Waals surface area contributed by atoms with Crippen LogP contribution < -0.4 is 11.1 Å². The zero-order valence-electron chi connectivity index (χ0n) is 9.76. The maximum Gasteiger partial charge on any atom is 0.246 e. The summed E-state index contributed by atoms with van der Waals surface area (Å²) in [6.07, 6.45) is 6.04. The van der Waals surface area contributed by atoms with E-state index in [2.05, 4.69) is 12.2 Å². The van der Waals surface area contributed by atoms with E-state index < -0.39 is 0 Å². The van der Waals surface area contributed by atoms with Crippen LogP contribution in [-0.2, 0) is 9.53 Å². The molecule has 0 rings (SSSR count). The summed E-state index contributed by atoms with van der Waals surface area (Å²) >= 11 is 0. The maximum absolute atomic E-state index is 11.0. The zero-order valence-corrected chi connectivity index (χ0v) is 9.76. The molecule has 3 N–H and O–H groups in total. The molecule has 0 saturated carbocycles.